The summed E-state index contributed by atoms with van der Waals surface area (Å²) < 4.78 is 11.1. The molecule has 0 atom stereocenters. The maximum atomic E-state index is 8.83. The van der Waals surface area contributed by atoms with E-state index in [2.05, 4.69) is 83.5 Å². The summed E-state index contributed by atoms with van der Waals surface area (Å²) >= 11 is 0. The summed E-state index contributed by atoms with van der Waals surface area (Å²) in [6.45, 7) is 13.3. The van der Waals surface area contributed by atoms with Gasteiger partial charge in [0, 0.05) is 13.0 Å². The van der Waals surface area contributed by atoms with Crippen LogP contribution in [0.5, 0.6) is 0 Å². The Morgan fingerprint density at radius 1 is 0.964 bits per heavy atom. The van der Waals surface area contributed by atoms with E-state index in [1.54, 1.807) is 0 Å². The fourth-order valence-electron chi connectivity index (χ4n) is 4.50. The zero-order valence-corrected chi connectivity index (χ0v) is 18.7. The highest BCUT2D eigenvalue weighted by molar-refractivity contribution is 5.94. The van der Waals surface area contributed by atoms with Crippen LogP contribution in [0.25, 0.3) is 22.0 Å². The summed E-state index contributed by atoms with van der Waals surface area (Å²) in [5.74, 6) is 0.563. The van der Waals surface area contributed by atoms with Crippen molar-refractivity contribution in [2.75, 3.05) is 0 Å². The quantitative estimate of drug-likeness (QED) is 0.409. The molecular formula is C27H36N+. The summed E-state index contributed by atoms with van der Waals surface area (Å²) in [5, 5.41) is 2.27. The third kappa shape index (κ3) is 3.60. The smallest absolute Gasteiger partial charge is 0.198 e. The van der Waals surface area contributed by atoms with Gasteiger partial charge in [0.15, 0.2) is 5.69 Å². The first-order valence-corrected chi connectivity index (χ1v) is 10.9. The molecular weight excluding hydrogens is 338 g/mol. The number of nitrogens with zero attached hydrogens (tertiary/aromatic N) is 1. The van der Waals surface area contributed by atoms with Gasteiger partial charge in [-0.25, -0.2) is 0 Å². The van der Waals surface area contributed by atoms with E-state index in [0.29, 0.717) is 12.0 Å². The predicted molar refractivity (Wildman–Crippen MR) is 122 cm³/mol. The third-order valence-corrected chi connectivity index (χ3v) is 6.53. The SMILES string of the molecule is [2H]c1c(C)[n+](C)c(-c2cc(CC)cc(CC)c2C)c2ccc(C(CC)CC)cc12. The van der Waals surface area contributed by atoms with Gasteiger partial charge in [0.1, 0.15) is 7.05 Å². The van der Waals surface area contributed by atoms with Crippen LogP contribution in [0.1, 0.15) is 75.8 Å². The van der Waals surface area contributed by atoms with Crippen LogP contribution in [0, 0.1) is 13.8 Å². The molecule has 1 aromatic heterocycles. The van der Waals surface area contributed by atoms with Gasteiger partial charge in [-0.1, -0.05) is 45.9 Å². The minimum absolute atomic E-state index is 0.563. The fraction of sp³-hybridized carbons (Fsp3) is 0.444. The average Bonchev–Trinajstić information content (AvgIpc) is 2.74. The molecule has 1 heterocycles. The van der Waals surface area contributed by atoms with E-state index in [4.69, 9.17) is 1.37 Å². The van der Waals surface area contributed by atoms with Crippen LogP contribution in [-0.2, 0) is 19.9 Å². The zero-order chi connectivity index (χ0) is 21.3. The lowest BCUT2D eigenvalue weighted by molar-refractivity contribution is -0.665. The Morgan fingerprint density at radius 2 is 1.68 bits per heavy atom. The molecule has 1 heteroatoms. The van der Waals surface area contributed by atoms with Gasteiger partial charge in [-0.05, 0) is 78.3 Å². The number of rotatable bonds is 6. The average molecular weight is 376 g/mol. The molecule has 1 nitrogen and oxygen atoms in total. The van der Waals surface area contributed by atoms with Crippen molar-refractivity contribution in [1.82, 2.24) is 0 Å². The van der Waals surface area contributed by atoms with Crippen molar-refractivity contribution in [1.29, 1.82) is 0 Å². The molecule has 0 unspecified atom stereocenters. The number of aryl methyl sites for hydroxylation is 2. The van der Waals surface area contributed by atoms with E-state index in [1.807, 2.05) is 0 Å². The second-order valence-corrected chi connectivity index (χ2v) is 8.07. The number of pyridine rings is 1. The number of fused-ring (bicyclic) bond motifs is 1. The van der Waals surface area contributed by atoms with Crippen LogP contribution < -0.4 is 4.57 Å². The van der Waals surface area contributed by atoms with Crippen molar-refractivity contribution in [2.24, 2.45) is 7.05 Å². The molecule has 3 rings (SSSR count). The molecule has 0 saturated carbocycles. The van der Waals surface area contributed by atoms with E-state index in [1.165, 1.54) is 38.9 Å². The molecule has 0 fully saturated rings. The van der Waals surface area contributed by atoms with Crippen LogP contribution in [0.4, 0.5) is 0 Å². The Bertz CT molecular complexity index is 1040. The molecule has 0 saturated heterocycles. The van der Waals surface area contributed by atoms with Gasteiger partial charge in [-0.15, -0.1) is 0 Å². The van der Waals surface area contributed by atoms with Crippen molar-refractivity contribution >= 4 is 10.8 Å². The van der Waals surface area contributed by atoms with Crippen molar-refractivity contribution in [2.45, 2.75) is 73.1 Å². The van der Waals surface area contributed by atoms with Crippen molar-refractivity contribution in [3.8, 4) is 11.3 Å². The normalized spacial score (nSPS) is 12.1. The van der Waals surface area contributed by atoms with Gasteiger partial charge < -0.3 is 0 Å². The molecule has 0 spiro atoms. The van der Waals surface area contributed by atoms with E-state index < -0.39 is 0 Å². The number of benzene rings is 2. The minimum atomic E-state index is 0.563. The summed E-state index contributed by atoms with van der Waals surface area (Å²) in [7, 11) is 2.11. The molecule has 3 aromatic rings. The first-order valence-electron chi connectivity index (χ1n) is 11.4. The Hall–Kier alpha value is -2.15. The Labute approximate surface area is 172 Å². The zero-order valence-electron chi connectivity index (χ0n) is 19.7. The summed E-state index contributed by atoms with van der Waals surface area (Å²) in [4.78, 5) is 0. The Morgan fingerprint density at radius 3 is 2.29 bits per heavy atom. The molecule has 0 bridgehead atoms. The lowest BCUT2D eigenvalue weighted by Gasteiger charge is -2.17. The number of hydrogen-bond acceptors (Lipinski definition) is 0. The highest BCUT2D eigenvalue weighted by Crippen LogP contribution is 2.34. The van der Waals surface area contributed by atoms with Gasteiger partial charge in [-0.3, -0.25) is 0 Å². The van der Waals surface area contributed by atoms with Crippen LogP contribution in [-0.4, -0.2) is 0 Å². The minimum Gasteiger partial charge on any atom is -0.198 e. The molecule has 0 radical (unpaired) electrons. The van der Waals surface area contributed by atoms with Crippen LogP contribution >= 0.6 is 0 Å². The van der Waals surface area contributed by atoms with Gasteiger partial charge in [-0.2, -0.15) is 4.57 Å². The lowest BCUT2D eigenvalue weighted by Crippen LogP contribution is -2.35. The van der Waals surface area contributed by atoms with E-state index in [9.17, 15) is 0 Å². The first kappa shape index (κ1) is 19.2. The molecule has 2 aromatic carbocycles. The summed E-state index contributed by atoms with van der Waals surface area (Å²) in [6, 6.07) is 12.2. The predicted octanol–water partition coefficient (Wildman–Crippen LogP) is 6.98. The Balaban J connectivity index is 2.40. The van der Waals surface area contributed by atoms with Crippen molar-refractivity contribution < 1.29 is 5.94 Å². The highest BCUT2D eigenvalue weighted by atomic mass is 14.9. The van der Waals surface area contributed by atoms with Crippen LogP contribution in [0.15, 0.2) is 36.4 Å². The van der Waals surface area contributed by atoms with E-state index in [-0.39, 0.29) is 0 Å². The topological polar surface area (TPSA) is 3.88 Å². The maximum Gasteiger partial charge on any atom is 0.220 e. The first-order chi connectivity index (χ1) is 13.9. The number of hydrogen-bond donors (Lipinski definition) is 0. The maximum absolute atomic E-state index is 8.83. The molecule has 0 amide bonds. The van der Waals surface area contributed by atoms with Gasteiger partial charge >= 0.3 is 0 Å². The molecule has 0 aliphatic rings. The third-order valence-electron chi connectivity index (χ3n) is 6.53. The fourth-order valence-corrected chi connectivity index (χ4v) is 4.50. The number of aromatic nitrogens is 1. The van der Waals surface area contributed by atoms with Gasteiger partial charge in [0.05, 0.1) is 12.3 Å². The second kappa shape index (κ2) is 8.47. The van der Waals surface area contributed by atoms with Crippen LogP contribution in [0.3, 0.4) is 0 Å². The van der Waals surface area contributed by atoms with E-state index in [0.717, 1.165) is 36.8 Å². The van der Waals surface area contributed by atoms with Crippen LogP contribution in [0.2, 0.25) is 0 Å². The molecule has 148 valence electrons. The molecule has 0 aliphatic carbocycles. The monoisotopic (exact) mass is 375 g/mol. The van der Waals surface area contributed by atoms with E-state index >= 15 is 0 Å². The summed E-state index contributed by atoms with van der Waals surface area (Å²) in [6.07, 6.45) is 4.36. The van der Waals surface area contributed by atoms with Crippen molar-refractivity contribution in [3.63, 3.8) is 0 Å². The van der Waals surface area contributed by atoms with Gasteiger partial charge in [0.25, 0.3) is 0 Å². The molecule has 28 heavy (non-hydrogen) atoms. The Kier molecular flexibility index (Phi) is 5.80. The molecule has 0 aliphatic heterocycles. The lowest BCUT2D eigenvalue weighted by atomic mass is 9.89. The molecule has 0 N–H and O–H groups in total. The van der Waals surface area contributed by atoms with Gasteiger partial charge in [0.2, 0.25) is 5.69 Å². The largest absolute Gasteiger partial charge is 0.220 e. The summed E-state index contributed by atoms with van der Waals surface area (Å²) in [5.41, 5.74) is 9.12. The van der Waals surface area contributed by atoms with Crippen molar-refractivity contribution in [3.05, 3.63) is 64.3 Å². The second-order valence-electron chi connectivity index (χ2n) is 8.07. The highest BCUT2D eigenvalue weighted by Gasteiger charge is 2.22. The standard InChI is InChI=1S/C27H36N/c1-8-20-15-22(11-4)19(6)26(16-20)27-25-13-12-23(21(9-2)10-3)17-24(25)14-18(5)28(27)7/h12-17,21H,8-11H2,1-7H3/q+1/i14D.